The Kier molecular flexibility index (Phi) is 2.75. The van der Waals surface area contributed by atoms with Crippen molar-refractivity contribution in [1.82, 2.24) is 4.90 Å². The summed E-state index contributed by atoms with van der Waals surface area (Å²) in [6, 6.07) is 0.118. The van der Waals surface area contributed by atoms with Gasteiger partial charge in [-0.15, -0.1) is 0 Å². The highest BCUT2D eigenvalue weighted by Crippen LogP contribution is 2.30. The number of rotatable bonds is 2. The molecule has 1 N–H and O–H groups in total. The van der Waals surface area contributed by atoms with Gasteiger partial charge in [0.05, 0.1) is 6.42 Å². The number of hydrogen-bond acceptors (Lipinski definition) is 2. The van der Waals surface area contributed by atoms with Crippen LogP contribution in [0, 0.1) is 5.92 Å². The van der Waals surface area contributed by atoms with Crippen molar-refractivity contribution in [2.45, 2.75) is 31.7 Å². The third kappa shape index (κ3) is 2.03. The first-order valence-electron chi connectivity index (χ1n) is 5.36. The topological polar surface area (TPSA) is 57.6 Å². The highest BCUT2D eigenvalue weighted by atomic mass is 16.4. The van der Waals surface area contributed by atoms with Crippen LogP contribution in [0.4, 0.5) is 0 Å². The normalized spacial score (nSPS) is 30.1. The Morgan fingerprint density at radius 3 is 3.13 bits per heavy atom. The molecular formula is C11H15NO3. The third-order valence-corrected chi connectivity index (χ3v) is 3.20. The number of carbonyl (C=O) groups is 2. The molecule has 0 aromatic heterocycles. The van der Waals surface area contributed by atoms with Gasteiger partial charge < -0.3 is 10.0 Å². The third-order valence-electron chi connectivity index (χ3n) is 3.20. The van der Waals surface area contributed by atoms with E-state index < -0.39 is 5.97 Å². The Labute approximate surface area is 88.6 Å². The van der Waals surface area contributed by atoms with Gasteiger partial charge in [-0.25, -0.2) is 0 Å². The lowest BCUT2D eigenvalue weighted by Crippen LogP contribution is -2.37. The molecule has 0 bridgehead atoms. The summed E-state index contributed by atoms with van der Waals surface area (Å²) in [6.07, 6.45) is 6.33. The van der Waals surface area contributed by atoms with E-state index in [0.717, 1.165) is 19.4 Å². The van der Waals surface area contributed by atoms with Gasteiger partial charge in [0.1, 0.15) is 0 Å². The summed E-state index contributed by atoms with van der Waals surface area (Å²) in [6.45, 7) is 0.746. The Balaban J connectivity index is 2.14. The van der Waals surface area contributed by atoms with Gasteiger partial charge in [0.25, 0.3) is 0 Å². The fourth-order valence-electron chi connectivity index (χ4n) is 2.51. The summed E-state index contributed by atoms with van der Waals surface area (Å²) < 4.78 is 0. The smallest absolute Gasteiger partial charge is 0.304 e. The molecule has 0 radical (unpaired) electrons. The molecule has 2 aliphatic heterocycles. The van der Waals surface area contributed by atoms with Crippen LogP contribution in [0.5, 0.6) is 0 Å². The maximum Gasteiger partial charge on any atom is 0.304 e. The van der Waals surface area contributed by atoms with Crippen molar-refractivity contribution in [3.05, 3.63) is 12.2 Å². The number of hydrogen-bond donors (Lipinski definition) is 1. The zero-order chi connectivity index (χ0) is 10.8. The van der Waals surface area contributed by atoms with Crippen molar-refractivity contribution < 1.29 is 14.7 Å². The molecule has 0 saturated carbocycles. The van der Waals surface area contributed by atoms with Crippen LogP contribution in [0.3, 0.4) is 0 Å². The largest absolute Gasteiger partial charge is 0.481 e. The summed E-state index contributed by atoms with van der Waals surface area (Å²) in [5, 5.41) is 8.81. The monoisotopic (exact) mass is 209 g/mol. The number of carboxylic acid groups (broad SMARTS) is 1. The van der Waals surface area contributed by atoms with Crippen LogP contribution in [0.1, 0.15) is 25.7 Å². The molecule has 0 aromatic rings. The fourth-order valence-corrected chi connectivity index (χ4v) is 2.51. The molecule has 1 saturated heterocycles. The lowest BCUT2D eigenvalue weighted by atomic mass is 9.94. The molecule has 0 spiro atoms. The first kappa shape index (κ1) is 10.2. The van der Waals surface area contributed by atoms with Crippen molar-refractivity contribution in [2.75, 3.05) is 6.54 Å². The van der Waals surface area contributed by atoms with E-state index in [1.165, 1.54) is 0 Å². The van der Waals surface area contributed by atoms with Crippen LogP contribution in [0.2, 0.25) is 0 Å². The second-order valence-electron chi connectivity index (χ2n) is 4.17. The predicted octanol–water partition coefficient (Wildman–Crippen LogP) is 1.03. The predicted molar refractivity (Wildman–Crippen MR) is 54.2 cm³/mol. The SMILES string of the molecule is O=C(O)C[C@@H]1C=CCCN2C(=O)CC[C@@H]12. The fraction of sp³-hybridized carbons (Fsp3) is 0.636. The Morgan fingerprint density at radius 1 is 1.60 bits per heavy atom. The molecule has 15 heavy (non-hydrogen) atoms. The van der Waals surface area contributed by atoms with Crippen LogP contribution in [0.15, 0.2) is 12.2 Å². The molecule has 2 heterocycles. The quantitative estimate of drug-likeness (QED) is 0.691. The van der Waals surface area contributed by atoms with Crippen molar-refractivity contribution in [1.29, 1.82) is 0 Å². The Hall–Kier alpha value is -1.32. The number of aliphatic carboxylic acids is 1. The average molecular weight is 209 g/mol. The minimum Gasteiger partial charge on any atom is -0.481 e. The van der Waals surface area contributed by atoms with Crippen LogP contribution < -0.4 is 0 Å². The zero-order valence-corrected chi connectivity index (χ0v) is 8.56. The number of carboxylic acids is 1. The maximum atomic E-state index is 11.5. The molecule has 2 rings (SSSR count). The van der Waals surface area contributed by atoms with Gasteiger partial charge in [-0.3, -0.25) is 9.59 Å². The minimum absolute atomic E-state index is 0.00329. The first-order chi connectivity index (χ1) is 7.18. The highest BCUT2D eigenvalue weighted by molar-refractivity contribution is 5.79. The van der Waals surface area contributed by atoms with Gasteiger partial charge in [-0.05, 0) is 12.8 Å². The minimum atomic E-state index is -0.786. The van der Waals surface area contributed by atoms with E-state index in [2.05, 4.69) is 0 Å². The summed E-state index contributed by atoms with van der Waals surface area (Å²) in [5.41, 5.74) is 0. The van der Waals surface area contributed by atoms with Crippen LogP contribution in [0.25, 0.3) is 0 Å². The van der Waals surface area contributed by atoms with Gasteiger partial charge in [-0.1, -0.05) is 12.2 Å². The molecule has 1 amide bonds. The number of carbonyl (C=O) groups excluding carboxylic acids is 1. The van der Waals surface area contributed by atoms with Gasteiger partial charge >= 0.3 is 5.97 Å². The molecule has 0 aliphatic carbocycles. The molecule has 2 aliphatic rings. The summed E-state index contributed by atoms with van der Waals surface area (Å²) in [5.74, 6) is -0.610. The molecule has 0 unspecified atom stereocenters. The van der Waals surface area contributed by atoms with E-state index in [4.69, 9.17) is 5.11 Å². The highest BCUT2D eigenvalue weighted by Gasteiger charge is 2.36. The average Bonchev–Trinajstić information content (AvgIpc) is 2.42. The van der Waals surface area contributed by atoms with Crippen molar-refractivity contribution in [3.8, 4) is 0 Å². The van der Waals surface area contributed by atoms with Gasteiger partial charge in [0, 0.05) is 24.9 Å². The lowest BCUT2D eigenvalue weighted by Gasteiger charge is -2.27. The number of fused-ring (bicyclic) bond motifs is 1. The van der Waals surface area contributed by atoms with E-state index in [0.29, 0.717) is 6.42 Å². The second kappa shape index (κ2) is 4.04. The number of nitrogens with zero attached hydrogens (tertiary/aromatic N) is 1. The molecule has 4 heteroatoms. The molecule has 1 fully saturated rings. The zero-order valence-electron chi connectivity index (χ0n) is 8.56. The lowest BCUT2D eigenvalue weighted by molar-refractivity contribution is -0.139. The van der Waals surface area contributed by atoms with Crippen LogP contribution in [-0.2, 0) is 9.59 Å². The summed E-state index contributed by atoms with van der Waals surface area (Å²) in [7, 11) is 0. The van der Waals surface area contributed by atoms with Crippen molar-refractivity contribution >= 4 is 11.9 Å². The molecular weight excluding hydrogens is 194 g/mol. The summed E-state index contributed by atoms with van der Waals surface area (Å²) >= 11 is 0. The summed E-state index contributed by atoms with van der Waals surface area (Å²) in [4.78, 5) is 24.1. The van der Waals surface area contributed by atoms with Gasteiger partial charge in [-0.2, -0.15) is 0 Å². The van der Waals surface area contributed by atoms with Gasteiger partial charge in [0.15, 0.2) is 0 Å². The van der Waals surface area contributed by atoms with E-state index in [9.17, 15) is 9.59 Å². The van der Waals surface area contributed by atoms with Crippen LogP contribution in [-0.4, -0.2) is 34.5 Å². The number of amides is 1. The maximum absolute atomic E-state index is 11.5. The molecule has 2 atom stereocenters. The Morgan fingerprint density at radius 2 is 2.40 bits per heavy atom. The van der Waals surface area contributed by atoms with Crippen molar-refractivity contribution in [2.24, 2.45) is 5.92 Å². The molecule has 0 aromatic carbocycles. The van der Waals surface area contributed by atoms with Crippen molar-refractivity contribution in [3.63, 3.8) is 0 Å². The van der Waals surface area contributed by atoms with E-state index in [-0.39, 0.29) is 24.3 Å². The van der Waals surface area contributed by atoms with E-state index in [1.54, 1.807) is 0 Å². The Bertz CT molecular complexity index is 311. The van der Waals surface area contributed by atoms with E-state index >= 15 is 0 Å². The van der Waals surface area contributed by atoms with Crippen LogP contribution >= 0.6 is 0 Å². The van der Waals surface area contributed by atoms with Gasteiger partial charge in [0.2, 0.25) is 5.91 Å². The first-order valence-corrected chi connectivity index (χ1v) is 5.36. The molecule has 4 nitrogen and oxygen atoms in total. The standard InChI is InChI=1S/C11H15NO3/c13-10-5-4-9-8(7-11(14)15)3-1-2-6-12(9)10/h1,3,8-9H,2,4-7H2,(H,14,15)/t8-,9-/m0/s1. The second-order valence-corrected chi connectivity index (χ2v) is 4.17. The molecule has 82 valence electrons. The van der Waals surface area contributed by atoms with E-state index in [1.807, 2.05) is 17.1 Å².